The SMILES string of the molecule is CS(=O)(=O)N1CCC(C2c3ccccc3C=C(CCCO)c3ccccc32)CC1.CS(=O)(=O)OCCCC1=Cc2ccccc2C(C2CCN(S(C)(=O)=O)CC2)c2ccccc21. The molecule has 0 amide bonds. The van der Waals surface area contributed by atoms with E-state index in [9.17, 15) is 30.4 Å². The summed E-state index contributed by atoms with van der Waals surface area (Å²) in [6.07, 6.45) is 14.5. The minimum Gasteiger partial charge on any atom is -0.396 e. The number of hydrogen-bond acceptors (Lipinski definition) is 8. The van der Waals surface area contributed by atoms with Crippen LogP contribution < -0.4 is 0 Å². The van der Waals surface area contributed by atoms with Crippen LogP contribution in [0.25, 0.3) is 23.3 Å². The monoisotopic (exact) mass is 900 g/mol. The second kappa shape index (κ2) is 19.8. The molecule has 4 aliphatic rings. The van der Waals surface area contributed by atoms with Crippen LogP contribution in [-0.4, -0.2) is 97.1 Å². The van der Waals surface area contributed by atoms with Crippen LogP contribution in [-0.2, 0) is 34.3 Å². The summed E-state index contributed by atoms with van der Waals surface area (Å²) in [7, 11) is -9.75. The van der Waals surface area contributed by atoms with Crippen molar-refractivity contribution in [3.05, 3.63) is 142 Å². The molecule has 0 aromatic heterocycles. The fourth-order valence-corrected chi connectivity index (χ4v) is 12.3. The minimum absolute atomic E-state index is 0.160. The maximum absolute atomic E-state index is 12.0. The molecule has 13 heteroatoms. The van der Waals surface area contributed by atoms with Gasteiger partial charge in [-0.05, 0) is 119 Å². The number of rotatable bonds is 12. The van der Waals surface area contributed by atoms with Crippen molar-refractivity contribution in [2.24, 2.45) is 11.8 Å². The summed E-state index contributed by atoms with van der Waals surface area (Å²) in [6, 6.07) is 34.1. The predicted octanol–water partition coefficient (Wildman–Crippen LogP) is 8.22. The summed E-state index contributed by atoms with van der Waals surface area (Å²) >= 11 is 0. The second-order valence-electron chi connectivity index (χ2n) is 17.2. The van der Waals surface area contributed by atoms with Gasteiger partial charge in [-0.25, -0.2) is 25.4 Å². The molecule has 1 N–H and O–H groups in total. The molecular weight excluding hydrogens is 841 g/mol. The van der Waals surface area contributed by atoms with E-state index in [1.807, 2.05) is 12.1 Å². The summed E-state index contributed by atoms with van der Waals surface area (Å²) in [4.78, 5) is 0. The van der Waals surface area contributed by atoms with Crippen molar-refractivity contribution in [3.63, 3.8) is 0 Å². The quantitative estimate of drug-likeness (QED) is 0.111. The highest BCUT2D eigenvalue weighted by Crippen LogP contribution is 2.47. The third kappa shape index (κ3) is 11.0. The standard InChI is InChI=1S/C25H31NO5S2.C24H29NO3S/c1-32(27,28)26-15-13-19(14-16-26)25-23-11-4-3-8-21(23)18-20(9-7-17-31-33(2,29)30)22-10-5-6-12-24(22)25;1-29(27,28)25-14-12-18(13-15-25)24-22-10-3-2-7-20(22)17-19(8-6-16-26)21-9-4-5-11-23(21)24/h3-6,8,10-12,18-19,25H,7,9,13-17H2,1-2H3;2-5,7,9-11,17-18,24,26H,6,8,12-16H2,1H3. The summed E-state index contributed by atoms with van der Waals surface area (Å²) in [5.74, 6) is 1.18. The summed E-state index contributed by atoms with van der Waals surface area (Å²) < 4.78 is 78.8. The minimum atomic E-state index is -3.45. The number of benzene rings is 4. The molecule has 62 heavy (non-hydrogen) atoms. The Balaban J connectivity index is 0.000000188. The number of piperidine rings is 2. The van der Waals surface area contributed by atoms with Gasteiger partial charge in [0.25, 0.3) is 10.1 Å². The van der Waals surface area contributed by atoms with Crippen molar-refractivity contribution in [1.82, 2.24) is 8.61 Å². The van der Waals surface area contributed by atoms with Crippen molar-refractivity contribution >= 4 is 53.5 Å². The lowest BCUT2D eigenvalue weighted by Crippen LogP contribution is -2.39. The first-order valence-corrected chi connectivity index (χ1v) is 27.3. The Hall–Kier alpha value is -3.95. The molecule has 2 aliphatic carbocycles. The van der Waals surface area contributed by atoms with Crippen molar-refractivity contribution in [2.45, 2.75) is 63.2 Å². The molecule has 0 saturated carbocycles. The van der Waals surface area contributed by atoms with Gasteiger partial charge in [0, 0.05) is 44.6 Å². The van der Waals surface area contributed by atoms with Gasteiger partial charge in [-0.3, -0.25) is 4.18 Å². The smallest absolute Gasteiger partial charge is 0.264 e. The third-order valence-electron chi connectivity index (χ3n) is 13.0. The molecule has 4 aromatic rings. The first kappa shape index (κ1) is 46.1. The molecule has 2 fully saturated rings. The van der Waals surface area contributed by atoms with E-state index in [-0.39, 0.29) is 25.0 Å². The van der Waals surface area contributed by atoms with E-state index in [1.54, 1.807) is 8.61 Å². The van der Waals surface area contributed by atoms with Gasteiger partial charge in [0.2, 0.25) is 20.0 Å². The van der Waals surface area contributed by atoms with Crippen LogP contribution in [0.1, 0.15) is 108 Å². The Kier molecular flexibility index (Phi) is 14.7. The fourth-order valence-electron chi connectivity index (χ4n) is 10.1. The molecule has 8 rings (SSSR count). The van der Waals surface area contributed by atoms with E-state index in [4.69, 9.17) is 4.18 Å². The van der Waals surface area contributed by atoms with E-state index >= 15 is 0 Å². The average molecular weight is 901 g/mol. The predicted molar refractivity (Wildman–Crippen MR) is 250 cm³/mol. The van der Waals surface area contributed by atoms with Crippen LogP contribution in [0.4, 0.5) is 0 Å². The normalized spacial score (nSPS) is 20.2. The van der Waals surface area contributed by atoms with E-state index in [1.165, 1.54) is 68.2 Å². The Bertz CT molecular complexity index is 2610. The first-order chi connectivity index (χ1) is 29.6. The summed E-state index contributed by atoms with van der Waals surface area (Å²) in [5.41, 5.74) is 12.5. The molecule has 10 nitrogen and oxygen atoms in total. The van der Waals surface area contributed by atoms with E-state index in [0.717, 1.165) is 44.8 Å². The largest absolute Gasteiger partial charge is 0.396 e. The molecule has 2 saturated heterocycles. The molecule has 0 radical (unpaired) electrons. The summed E-state index contributed by atoms with van der Waals surface area (Å²) in [6.45, 7) is 2.63. The number of hydrogen-bond donors (Lipinski definition) is 1. The van der Waals surface area contributed by atoms with Crippen molar-refractivity contribution < 1.29 is 34.5 Å². The highest BCUT2D eigenvalue weighted by Gasteiger charge is 2.36. The molecule has 2 aliphatic heterocycles. The van der Waals surface area contributed by atoms with Gasteiger partial charge < -0.3 is 5.11 Å². The lowest BCUT2D eigenvalue weighted by molar-refractivity contribution is 0.257. The molecule has 2 unspecified atom stereocenters. The van der Waals surface area contributed by atoms with Gasteiger partial charge in [-0.15, -0.1) is 0 Å². The third-order valence-corrected chi connectivity index (χ3v) is 16.2. The zero-order valence-corrected chi connectivity index (χ0v) is 38.5. The topological polar surface area (TPSA) is 138 Å². The van der Waals surface area contributed by atoms with Crippen LogP contribution in [0, 0.1) is 11.8 Å². The lowest BCUT2D eigenvalue weighted by Gasteiger charge is -2.36. The van der Waals surface area contributed by atoms with Gasteiger partial charge >= 0.3 is 0 Å². The van der Waals surface area contributed by atoms with E-state index in [2.05, 4.69) is 97.1 Å². The van der Waals surface area contributed by atoms with Crippen molar-refractivity contribution in [3.8, 4) is 0 Å². The Morgan fingerprint density at radius 1 is 0.532 bits per heavy atom. The van der Waals surface area contributed by atoms with E-state index < -0.39 is 30.2 Å². The van der Waals surface area contributed by atoms with Gasteiger partial charge in [0.05, 0.1) is 25.4 Å². The molecule has 2 atom stereocenters. The summed E-state index contributed by atoms with van der Waals surface area (Å²) in [5, 5.41) is 9.38. The van der Waals surface area contributed by atoms with Gasteiger partial charge in [-0.2, -0.15) is 8.42 Å². The Labute approximate surface area is 369 Å². The number of allylic oxidation sites excluding steroid dienone is 2. The molecule has 0 bridgehead atoms. The number of nitrogens with zero attached hydrogens (tertiary/aromatic N) is 2. The highest BCUT2D eigenvalue weighted by molar-refractivity contribution is 7.88. The second-order valence-corrected chi connectivity index (χ2v) is 22.8. The van der Waals surface area contributed by atoms with E-state index in [0.29, 0.717) is 50.9 Å². The maximum atomic E-state index is 12.0. The number of sulfonamides is 2. The number of fused-ring (bicyclic) bond motifs is 4. The number of aliphatic hydroxyl groups is 1. The Morgan fingerprint density at radius 2 is 0.903 bits per heavy atom. The highest BCUT2D eigenvalue weighted by atomic mass is 32.2. The van der Waals surface area contributed by atoms with Crippen LogP contribution in [0.15, 0.2) is 97.1 Å². The van der Waals surface area contributed by atoms with Crippen LogP contribution in [0.3, 0.4) is 0 Å². The van der Waals surface area contributed by atoms with Gasteiger partial charge in [0.1, 0.15) is 0 Å². The number of aliphatic hydroxyl groups excluding tert-OH is 1. The lowest BCUT2D eigenvalue weighted by atomic mass is 9.74. The van der Waals surface area contributed by atoms with Crippen molar-refractivity contribution in [1.29, 1.82) is 0 Å². The molecule has 0 spiro atoms. The fraction of sp³-hybridized carbons (Fsp3) is 0.429. The van der Waals surface area contributed by atoms with Crippen LogP contribution in [0.5, 0.6) is 0 Å². The maximum Gasteiger partial charge on any atom is 0.264 e. The first-order valence-electron chi connectivity index (χ1n) is 21.8. The Morgan fingerprint density at radius 3 is 1.29 bits per heavy atom. The molecule has 332 valence electrons. The van der Waals surface area contributed by atoms with Crippen molar-refractivity contribution in [2.75, 3.05) is 58.2 Å². The molecule has 4 aromatic carbocycles. The van der Waals surface area contributed by atoms with Gasteiger partial charge in [0.15, 0.2) is 0 Å². The molecular formula is C49H60N2O8S3. The average Bonchev–Trinajstić information content (AvgIpc) is 3.48. The molecule has 2 heterocycles. The van der Waals surface area contributed by atoms with Gasteiger partial charge in [-0.1, -0.05) is 109 Å². The van der Waals surface area contributed by atoms with Crippen LogP contribution in [0.2, 0.25) is 0 Å². The zero-order valence-electron chi connectivity index (χ0n) is 36.0. The zero-order chi connectivity index (χ0) is 44.1. The van der Waals surface area contributed by atoms with Crippen LogP contribution >= 0.6 is 0 Å².